The van der Waals surface area contributed by atoms with Crippen molar-refractivity contribution in [1.29, 1.82) is 0 Å². The van der Waals surface area contributed by atoms with Gasteiger partial charge in [0.2, 0.25) is 0 Å². The molecule has 1 heterocycles. The number of ketones is 1. The molecule has 19 heavy (non-hydrogen) atoms. The van der Waals surface area contributed by atoms with E-state index in [1.54, 1.807) is 13.2 Å². The van der Waals surface area contributed by atoms with E-state index in [0.29, 0.717) is 18.6 Å². The highest BCUT2D eigenvalue weighted by atomic mass is 16.7. The van der Waals surface area contributed by atoms with Gasteiger partial charge in [-0.25, -0.2) is 0 Å². The minimum Gasteiger partial charge on any atom is -0.498 e. The van der Waals surface area contributed by atoms with Crippen molar-refractivity contribution in [3.8, 4) is 0 Å². The lowest BCUT2D eigenvalue weighted by Crippen LogP contribution is -2.36. The first-order valence-electron chi connectivity index (χ1n) is 6.51. The zero-order valence-electron chi connectivity index (χ0n) is 10.9. The molecular formula is C15H17NO3. The van der Waals surface area contributed by atoms with Crippen molar-refractivity contribution in [1.82, 2.24) is 5.48 Å². The molecule has 4 nitrogen and oxygen atoms in total. The van der Waals surface area contributed by atoms with E-state index in [1.165, 1.54) is 5.56 Å². The second-order valence-corrected chi connectivity index (χ2v) is 5.06. The molecule has 1 spiro atoms. The van der Waals surface area contributed by atoms with Crippen LogP contribution in [0.1, 0.15) is 30.9 Å². The Labute approximate surface area is 112 Å². The SMILES string of the molecule is COC1=CC(=O)CC[C@]12CC(c1ccccc1)NO2. The van der Waals surface area contributed by atoms with Gasteiger partial charge in [-0.15, -0.1) is 0 Å². The molecule has 0 amide bonds. The Balaban J connectivity index is 1.85. The fourth-order valence-electron chi connectivity index (χ4n) is 2.82. The van der Waals surface area contributed by atoms with Crippen LogP contribution in [-0.4, -0.2) is 18.5 Å². The lowest BCUT2D eigenvalue weighted by molar-refractivity contribution is -0.120. The van der Waals surface area contributed by atoms with Crippen LogP contribution in [0.4, 0.5) is 0 Å². The number of allylic oxidation sites excluding steroid dienone is 1. The molecule has 0 radical (unpaired) electrons. The number of hydrogen-bond donors (Lipinski definition) is 1. The fourth-order valence-corrected chi connectivity index (χ4v) is 2.82. The largest absolute Gasteiger partial charge is 0.498 e. The molecule has 1 aromatic rings. The number of nitrogens with one attached hydrogen (secondary N) is 1. The predicted octanol–water partition coefficient (Wildman–Crippen LogP) is 2.28. The Morgan fingerprint density at radius 1 is 1.37 bits per heavy atom. The van der Waals surface area contributed by atoms with E-state index in [9.17, 15) is 4.79 Å². The van der Waals surface area contributed by atoms with Gasteiger partial charge in [0, 0.05) is 18.9 Å². The average Bonchev–Trinajstić information content (AvgIpc) is 2.88. The first kappa shape index (κ1) is 12.4. The molecule has 2 atom stereocenters. The zero-order chi connectivity index (χ0) is 13.3. The number of carbonyl (C=O) groups excluding carboxylic acids is 1. The highest BCUT2D eigenvalue weighted by Gasteiger charge is 2.47. The van der Waals surface area contributed by atoms with Crippen molar-refractivity contribution in [2.45, 2.75) is 30.9 Å². The van der Waals surface area contributed by atoms with Crippen LogP contribution in [0, 0.1) is 0 Å². The van der Waals surface area contributed by atoms with E-state index in [-0.39, 0.29) is 11.8 Å². The third-order valence-electron chi connectivity index (χ3n) is 3.87. The van der Waals surface area contributed by atoms with E-state index < -0.39 is 5.60 Å². The molecule has 1 aromatic carbocycles. The van der Waals surface area contributed by atoms with Gasteiger partial charge in [-0.1, -0.05) is 30.3 Å². The second kappa shape index (κ2) is 4.79. The van der Waals surface area contributed by atoms with Crippen LogP contribution in [0.15, 0.2) is 42.2 Å². The minimum absolute atomic E-state index is 0.106. The number of ether oxygens (including phenoxy) is 1. The fraction of sp³-hybridized carbons (Fsp3) is 0.400. The molecule has 1 unspecified atom stereocenters. The van der Waals surface area contributed by atoms with Gasteiger partial charge >= 0.3 is 0 Å². The Kier molecular flexibility index (Phi) is 3.12. The summed E-state index contributed by atoms with van der Waals surface area (Å²) in [4.78, 5) is 17.3. The lowest BCUT2D eigenvalue weighted by atomic mass is 9.83. The summed E-state index contributed by atoms with van der Waals surface area (Å²) in [5, 5.41) is 0. The normalized spacial score (nSPS) is 30.5. The Hall–Kier alpha value is -1.65. The smallest absolute Gasteiger partial charge is 0.159 e. The number of benzene rings is 1. The summed E-state index contributed by atoms with van der Waals surface area (Å²) in [6.07, 6.45) is 3.53. The third-order valence-corrected chi connectivity index (χ3v) is 3.87. The predicted molar refractivity (Wildman–Crippen MR) is 70.1 cm³/mol. The van der Waals surface area contributed by atoms with Crippen LogP contribution in [0.2, 0.25) is 0 Å². The first-order valence-corrected chi connectivity index (χ1v) is 6.51. The molecule has 0 saturated carbocycles. The van der Waals surface area contributed by atoms with Gasteiger partial charge in [0.1, 0.15) is 11.4 Å². The highest BCUT2D eigenvalue weighted by Crippen LogP contribution is 2.43. The molecule has 1 fully saturated rings. The van der Waals surface area contributed by atoms with Crippen molar-refractivity contribution in [2.75, 3.05) is 7.11 Å². The maximum absolute atomic E-state index is 11.5. The van der Waals surface area contributed by atoms with Gasteiger partial charge in [-0.05, 0) is 12.0 Å². The quantitative estimate of drug-likeness (QED) is 0.885. The summed E-state index contributed by atoms with van der Waals surface area (Å²) in [7, 11) is 1.59. The summed E-state index contributed by atoms with van der Waals surface area (Å²) in [5.41, 5.74) is 3.77. The van der Waals surface area contributed by atoms with E-state index in [1.807, 2.05) is 18.2 Å². The molecule has 0 bridgehead atoms. The number of hydrogen-bond acceptors (Lipinski definition) is 4. The van der Waals surface area contributed by atoms with Crippen molar-refractivity contribution in [3.05, 3.63) is 47.7 Å². The molecular weight excluding hydrogens is 242 g/mol. The van der Waals surface area contributed by atoms with E-state index >= 15 is 0 Å². The van der Waals surface area contributed by atoms with E-state index in [2.05, 4.69) is 17.6 Å². The van der Waals surface area contributed by atoms with Crippen LogP contribution in [-0.2, 0) is 14.4 Å². The molecule has 1 saturated heterocycles. The van der Waals surface area contributed by atoms with Crippen LogP contribution < -0.4 is 5.48 Å². The van der Waals surface area contributed by atoms with Gasteiger partial charge in [-0.2, -0.15) is 5.48 Å². The number of carbonyl (C=O) groups is 1. The average molecular weight is 259 g/mol. The minimum atomic E-state index is -0.497. The van der Waals surface area contributed by atoms with Crippen LogP contribution in [0.3, 0.4) is 0 Å². The van der Waals surface area contributed by atoms with Crippen molar-refractivity contribution >= 4 is 5.78 Å². The first-order chi connectivity index (χ1) is 9.23. The van der Waals surface area contributed by atoms with E-state index in [0.717, 1.165) is 6.42 Å². The summed E-state index contributed by atoms with van der Waals surface area (Å²) >= 11 is 0. The molecule has 3 rings (SSSR count). The lowest BCUT2D eigenvalue weighted by Gasteiger charge is -2.31. The second-order valence-electron chi connectivity index (χ2n) is 5.06. The van der Waals surface area contributed by atoms with Crippen molar-refractivity contribution in [2.24, 2.45) is 0 Å². The molecule has 0 aromatic heterocycles. The number of hydroxylamine groups is 1. The topological polar surface area (TPSA) is 47.6 Å². The van der Waals surface area contributed by atoms with Crippen LogP contribution in [0.5, 0.6) is 0 Å². The van der Waals surface area contributed by atoms with Gasteiger partial charge in [-0.3, -0.25) is 9.63 Å². The van der Waals surface area contributed by atoms with Crippen LogP contribution >= 0.6 is 0 Å². The van der Waals surface area contributed by atoms with Crippen molar-refractivity contribution < 1.29 is 14.4 Å². The van der Waals surface area contributed by atoms with Gasteiger partial charge in [0.05, 0.1) is 13.2 Å². The number of rotatable bonds is 2. The molecule has 100 valence electrons. The Morgan fingerprint density at radius 3 is 2.89 bits per heavy atom. The molecule has 2 aliphatic rings. The Morgan fingerprint density at radius 2 is 2.16 bits per heavy atom. The summed E-state index contributed by atoms with van der Waals surface area (Å²) < 4.78 is 5.36. The van der Waals surface area contributed by atoms with Gasteiger partial charge in [0.15, 0.2) is 5.78 Å². The Bertz CT molecular complexity index is 511. The van der Waals surface area contributed by atoms with Crippen LogP contribution in [0.25, 0.3) is 0 Å². The summed E-state index contributed by atoms with van der Waals surface area (Å²) in [5.74, 6) is 0.740. The third kappa shape index (κ3) is 2.17. The zero-order valence-corrected chi connectivity index (χ0v) is 10.9. The maximum atomic E-state index is 11.5. The highest BCUT2D eigenvalue weighted by molar-refractivity contribution is 5.91. The maximum Gasteiger partial charge on any atom is 0.159 e. The van der Waals surface area contributed by atoms with Gasteiger partial charge < -0.3 is 4.74 Å². The van der Waals surface area contributed by atoms with Crippen molar-refractivity contribution in [3.63, 3.8) is 0 Å². The van der Waals surface area contributed by atoms with E-state index in [4.69, 9.17) is 9.57 Å². The summed E-state index contributed by atoms with van der Waals surface area (Å²) in [6, 6.07) is 10.3. The molecule has 4 heteroatoms. The summed E-state index contributed by atoms with van der Waals surface area (Å²) in [6.45, 7) is 0. The molecule has 1 aliphatic carbocycles. The molecule has 1 N–H and O–H groups in total. The standard InChI is InChI=1S/C15H17NO3/c1-18-14-9-12(17)7-8-15(14)10-13(16-19-15)11-5-3-2-4-6-11/h2-6,9,13,16H,7-8,10H2,1H3/t13?,15-/m0/s1. The monoisotopic (exact) mass is 259 g/mol. The molecule has 1 aliphatic heterocycles. The van der Waals surface area contributed by atoms with Gasteiger partial charge in [0.25, 0.3) is 0 Å². The number of methoxy groups -OCH3 is 1.